The van der Waals surface area contributed by atoms with Crippen molar-refractivity contribution in [3.05, 3.63) is 64.0 Å². The number of anilines is 1. The van der Waals surface area contributed by atoms with E-state index in [0.717, 1.165) is 25.4 Å². The Morgan fingerprint density at radius 2 is 1.66 bits per heavy atom. The Hall–Kier alpha value is -2.55. The summed E-state index contributed by atoms with van der Waals surface area (Å²) in [7, 11) is -0.534. The van der Waals surface area contributed by atoms with Crippen molar-refractivity contribution >= 4 is 33.0 Å². The van der Waals surface area contributed by atoms with Crippen LogP contribution in [0.25, 0.3) is 11.3 Å². The Morgan fingerprint density at radius 1 is 1.03 bits per heavy atom. The number of rotatable bonds is 6. The number of carbonyl (C=O) groups is 1. The zero-order chi connectivity index (χ0) is 21.2. The van der Waals surface area contributed by atoms with Gasteiger partial charge in [0.15, 0.2) is 0 Å². The molecule has 0 radical (unpaired) electrons. The topological polar surface area (TPSA) is 79.4 Å². The molecule has 0 spiro atoms. The van der Waals surface area contributed by atoms with Crippen LogP contribution in [0, 0.1) is 13.8 Å². The average Bonchev–Trinajstić information content (AvgIpc) is 3.02. The Labute approximate surface area is 175 Å². The molecule has 3 rings (SSSR count). The van der Waals surface area contributed by atoms with Gasteiger partial charge in [-0.05, 0) is 38.1 Å². The van der Waals surface area contributed by atoms with Gasteiger partial charge in [-0.15, -0.1) is 11.3 Å². The van der Waals surface area contributed by atoms with Crippen LogP contribution in [0.1, 0.15) is 15.4 Å². The molecule has 6 nitrogen and oxygen atoms in total. The van der Waals surface area contributed by atoms with E-state index in [0.29, 0.717) is 5.69 Å². The van der Waals surface area contributed by atoms with Crippen molar-refractivity contribution in [2.24, 2.45) is 0 Å². The second kappa shape index (κ2) is 8.44. The molecule has 0 aliphatic heterocycles. The molecule has 0 fully saturated rings. The first-order chi connectivity index (χ1) is 13.7. The Balaban J connectivity index is 1.74. The molecule has 0 aliphatic rings. The standard InChI is InChI=1S/C21H23N3O3S2/c1-14-5-7-16(8-6-14)21-19(28-15(2)22-21)13-20(25)23-17-9-11-18(12-10-17)29(26,27)24(3)4/h5-12H,13H2,1-4H3,(H,23,25). The molecule has 3 aromatic rings. The Bertz CT molecular complexity index is 1120. The van der Waals surface area contributed by atoms with Gasteiger partial charge in [0.1, 0.15) is 0 Å². The lowest BCUT2D eigenvalue weighted by atomic mass is 10.1. The molecular formula is C21H23N3O3S2. The lowest BCUT2D eigenvalue weighted by molar-refractivity contribution is -0.115. The number of sulfonamides is 1. The number of nitrogens with one attached hydrogen (secondary N) is 1. The summed E-state index contributed by atoms with van der Waals surface area (Å²) in [5, 5.41) is 3.73. The number of benzene rings is 2. The second-order valence-electron chi connectivity index (χ2n) is 6.91. The van der Waals surface area contributed by atoms with Crippen LogP contribution >= 0.6 is 11.3 Å². The number of amides is 1. The number of aryl methyl sites for hydroxylation is 2. The third-order valence-electron chi connectivity index (χ3n) is 4.37. The number of hydrogen-bond donors (Lipinski definition) is 1. The zero-order valence-electron chi connectivity index (χ0n) is 16.8. The van der Waals surface area contributed by atoms with Crippen LogP contribution in [-0.4, -0.2) is 37.7 Å². The summed E-state index contributed by atoms with van der Waals surface area (Å²) in [6.07, 6.45) is 0.201. The monoisotopic (exact) mass is 429 g/mol. The highest BCUT2D eigenvalue weighted by Gasteiger charge is 2.18. The van der Waals surface area contributed by atoms with Crippen LogP contribution in [0.2, 0.25) is 0 Å². The van der Waals surface area contributed by atoms with Crippen LogP contribution in [0.15, 0.2) is 53.4 Å². The lowest BCUT2D eigenvalue weighted by Gasteiger charge is -2.12. The smallest absolute Gasteiger partial charge is 0.242 e. The van der Waals surface area contributed by atoms with E-state index in [-0.39, 0.29) is 17.2 Å². The minimum atomic E-state index is -3.49. The highest BCUT2D eigenvalue weighted by Crippen LogP contribution is 2.29. The molecule has 2 aromatic carbocycles. The molecule has 1 amide bonds. The molecule has 0 saturated heterocycles. The highest BCUT2D eigenvalue weighted by molar-refractivity contribution is 7.89. The minimum absolute atomic E-state index is 0.176. The van der Waals surface area contributed by atoms with Gasteiger partial charge in [0, 0.05) is 30.2 Å². The molecule has 0 bridgehead atoms. The van der Waals surface area contributed by atoms with Gasteiger partial charge in [0.25, 0.3) is 0 Å². The molecule has 0 saturated carbocycles. The van der Waals surface area contributed by atoms with Crippen LogP contribution in [-0.2, 0) is 21.2 Å². The summed E-state index contributed by atoms with van der Waals surface area (Å²) < 4.78 is 25.4. The van der Waals surface area contributed by atoms with Crippen LogP contribution < -0.4 is 5.32 Å². The van der Waals surface area contributed by atoms with Gasteiger partial charge < -0.3 is 5.32 Å². The summed E-state index contributed by atoms with van der Waals surface area (Å²) >= 11 is 1.50. The molecule has 1 aromatic heterocycles. The van der Waals surface area contributed by atoms with E-state index in [1.54, 1.807) is 12.1 Å². The second-order valence-corrected chi connectivity index (χ2v) is 10.3. The molecule has 8 heteroatoms. The normalized spacial score (nSPS) is 11.6. The van der Waals surface area contributed by atoms with E-state index >= 15 is 0 Å². The van der Waals surface area contributed by atoms with E-state index in [1.807, 2.05) is 38.1 Å². The largest absolute Gasteiger partial charge is 0.326 e. The van der Waals surface area contributed by atoms with Crippen molar-refractivity contribution in [3.63, 3.8) is 0 Å². The summed E-state index contributed by atoms with van der Waals surface area (Å²) in [6.45, 7) is 3.95. The first-order valence-corrected chi connectivity index (χ1v) is 11.3. The van der Waals surface area contributed by atoms with Gasteiger partial charge in [-0.2, -0.15) is 0 Å². The molecule has 0 aliphatic carbocycles. The number of hydrogen-bond acceptors (Lipinski definition) is 5. The van der Waals surface area contributed by atoms with Gasteiger partial charge in [-0.1, -0.05) is 29.8 Å². The van der Waals surface area contributed by atoms with Gasteiger partial charge in [-0.25, -0.2) is 17.7 Å². The summed E-state index contributed by atoms with van der Waals surface area (Å²) in [6, 6.07) is 14.2. The van der Waals surface area contributed by atoms with E-state index < -0.39 is 10.0 Å². The predicted octanol–water partition coefficient (Wildman–Crippen LogP) is 3.86. The van der Waals surface area contributed by atoms with Crippen LogP contribution in [0.5, 0.6) is 0 Å². The molecule has 0 unspecified atom stereocenters. The van der Waals surface area contributed by atoms with Crippen molar-refractivity contribution in [1.29, 1.82) is 0 Å². The zero-order valence-corrected chi connectivity index (χ0v) is 18.4. The van der Waals surface area contributed by atoms with E-state index in [2.05, 4.69) is 10.3 Å². The Kier molecular flexibility index (Phi) is 6.16. The number of aromatic nitrogens is 1. The maximum absolute atomic E-state index is 12.6. The van der Waals surface area contributed by atoms with Crippen LogP contribution in [0.3, 0.4) is 0 Å². The van der Waals surface area contributed by atoms with Gasteiger partial charge in [-0.3, -0.25) is 4.79 Å². The predicted molar refractivity (Wildman–Crippen MR) is 117 cm³/mol. The fraction of sp³-hybridized carbons (Fsp3) is 0.238. The highest BCUT2D eigenvalue weighted by atomic mass is 32.2. The number of thiazole rings is 1. The van der Waals surface area contributed by atoms with Crippen molar-refractivity contribution < 1.29 is 13.2 Å². The first-order valence-electron chi connectivity index (χ1n) is 9.02. The molecule has 0 atom stereocenters. The minimum Gasteiger partial charge on any atom is -0.326 e. The maximum Gasteiger partial charge on any atom is 0.242 e. The lowest BCUT2D eigenvalue weighted by Crippen LogP contribution is -2.22. The molecule has 152 valence electrons. The van der Waals surface area contributed by atoms with Gasteiger partial charge in [0.05, 0.1) is 22.0 Å². The third kappa shape index (κ3) is 4.90. The third-order valence-corrected chi connectivity index (χ3v) is 7.17. The van der Waals surface area contributed by atoms with E-state index in [4.69, 9.17) is 0 Å². The summed E-state index contributed by atoms with van der Waals surface area (Å²) in [5.74, 6) is -0.176. The average molecular weight is 430 g/mol. The molecular weight excluding hydrogens is 406 g/mol. The quantitative estimate of drug-likeness (QED) is 0.645. The van der Waals surface area contributed by atoms with Crippen molar-refractivity contribution in [2.75, 3.05) is 19.4 Å². The van der Waals surface area contributed by atoms with E-state index in [9.17, 15) is 13.2 Å². The molecule has 1 N–H and O–H groups in total. The fourth-order valence-corrected chi connectivity index (χ4v) is 4.66. The summed E-state index contributed by atoms with van der Waals surface area (Å²) in [5.41, 5.74) is 3.53. The number of carbonyl (C=O) groups excluding carboxylic acids is 1. The summed E-state index contributed by atoms with van der Waals surface area (Å²) in [4.78, 5) is 18.2. The fourth-order valence-electron chi connectivity index (χ4n) is 2.80. The van der Waals surface area contributed by atoms with Crippen molar-refractivity contribution in [2.45, 2.75) is 25.2 Å². The van der Waals surface area contributed by atoms with Crippen molar-refractivity contribution in [1.82, 2.24) is 9.29 Å². The van der Waals surface area contributed by atoms with Gasteiger partial charge >= 0.3 is 0 Å². The SMILES string of the molecule is Cc1ccc(-c2nc(C)sc2CC(=O)Nc2ccc(S(=O)(=O)N(C)C)cc2)cc1. The number of nitrogens with zero attached hydrogens (tertiary/aromatic N) is 2. The Morgan fingerprint density at radius 3 is 2.24 bits per heavy atom. The molecule has 29 heavy (non-hydrogen) atoms. The maximum atomic E-state index is 12.6. The van der Waals surface area contributed by atoms with Crippen LogP contribution in [0.4, 0.5) is 5.69 Å². The van der Waals surface area contributed by atoms with E-state index in [1.165, 1.54) is 43.1 Å². The van der Waals surface area contributed by atoms with Gasteiger partial charge in [0.2, 0.25) is 15.9 Å². The van der Waals surface area contributed by atoms with Crippen molar-refractivity contribution in [3.8, 4) is 11.3 Å². The molecule has 1 heterocycles. The first kappa shape index (κ1) is 21.2.